The fraction of sp³-hybridized carbons (Fsp3) is 0.150. The Morgan fingerprint density at radius 1 is 0.833 bits per heavy atom. The van der Waals surface area contributed by atoms with Gasteiger partial charge in [-0.15, -0.1) is 5.10 Å². The molecule has 1 aromatic heterocycles. The maximum atomic E-state index is 10.8. The number of benzene rings is 2. The molecule has 4 heteroatoms. The summed E-state index contributed by atoms with van der Waals surface area (Å²) < 4.78 is 5.63. The minimum atomic E-state index is 0.480. The Morgan fingerprint density at radius 2 is 1.67 bits per heavy atom. The second-order valence-electron chi connectivity index (χ2n) is 5.50. The molecule has 2 aromatic carbocycles. The number of aromatic nitrogens is 2. The number of hydrogen-bond acceptors (Lipinski definition) is 4. The van der Waals surface area contributed by atoms with Gasteiger partial charge in [-0.3, -0.25) is 4.79 Å². The van der Waals surface area contributed by atoms with Gasteiger partial charge in [0.2, 0.25) is 5.88 Å². The van der Waals surface area contributed by atoms with Crippen LogP contribution in [0.3, 0.4) is 0 Å². The lowest BCUT2D eigenvalue weighted by atomic mass is 10.1. The van der Waals surface area contributed by atoms with E-state index in [0.717, 1.165) is 35.9 Å². The molecule has 3 rings (SSSR count). The van der Waals surface area contributed by atoms with Crippen molar-refractivity contribution in [2.24, 2.45) is 0 Å². The molecule has 0 aliphatic carbocycles. The van der Waals surface area contributed by atoms with E-state index in [9.17, 15) is 4.79 Å². The lowest BCUT2D eigenvalue weighted by Crippen LogP contribution is -2.01. The summed E-state index contributed by atoms with van der Waals surface area (Å²) in [6.45, 7) is 0.480. The van der Waals surface area contributed by atoms with Crippen LogP contribution in [0, 0.1) is 0 Å². The molecular formula is C20H18N2O2. The van der Waals surface area contributed by atoms with Crippen molar-refractivity contribution in [3.05, 3.63) is 89.1 Å². The second kappa shape index (κ2) is 8.02. The highest BCUT2D eigenvalue weighted by atomic mass is 16.5. The Morgan fingerprint density at radius 3 is 2.42 bits per heavy atom. The Balaban J connectivity index is 1.53. The van der Waals surface area contributed by atoms with Crippen LogP contribution in [0.4, 0.5) is 0 Å². The largest absolute Gasteiger partial charge is 0.472 e. The summed E-state index contributed by atoms with van der Waals surface area (Å²) in [6.07, 6.45) is 2.46. The van der Waals surface area contributed by atoms with Gasteiger partial charge in [0, 0.05) is 11.6 Å². The van der Waals surface area contributed by atoms with E-state index in [4.69, 9.17) is 4.74 Å². The van der Waals surface area contributed by atoms with Crippen molar-refractivity contribution in [2.75, 3.05) is 0 Å². The first kappa shape index (κ1) is 15.9. The predicted molar refractivity (Wildman–Crippen MR) is 92.0 cm³/mol. The maximum Gasteiger partial charge on any atom is 0.233 e. The van der Waals surface area contributed by atoms with Crippen LogP contribution in [0.25, 0.3) is 0 Å². The number of aryl methyl sites for hydroxylation is 2. The third kappa shape index (κ3) is 4.49. The van der Waals surface area contributed by atoms with Crippen molar-refractivity contribution in [1.29, 1.82) is 0 Å². The van der Waals surface area contributed by atoms with E-state index < -0.39 is 0 Å². The first-order valence-corrected chi connectivity index (χ1v) is 7.87. The fourth-order valence-electron chi connectivity index (χ4n) is 2.38. The smallest absolute Gasteiger partial charge is 0.233 e. The van der Waals surface area contributed by atoms with Crippen molar-refractivity contribution in [1.82, 2.24) is 10.2 Å². The summed E-state index contributed by atoms with van der Waals surface area (Å²) in [5.74, 6) is 0.519. The van der Waals surface area contributed by atoms with E-state index in [0.29, 0.717) is 18.1 Å². The van der Waals surface area contributed by atoms with Crippen LogP contribution in [0.2, 0.25) is 0 Å². The molecule has 24 heavy (non-hydrogen) atoms. The van der Waals surface area contributed by atoms with Gasteiger partial charge in [0.05, 0.1) is 5.69 Å². The summed E-state index contributed by atoms with van der Waals surface area (Å²) in [6, 6.07) is 21.3. The van der Waals surface area contributed by atoms with Crippen molar-refractivity contribution in [3.8, 4) is 5.88 Å². The molecule has 4 nitrogen and oxygen atoms in total. The minimum absolute atomic E-state index is 0.480. The average molecular weight is 318 g/mol. The number of carbonyl (C=O) groups excluding carboxylic acids is 1. The van der Waals surface area contributed by atoms with Gasteiger partial charge in [-0.1, -0.05) is 48.5 Å². The zero-order valence-corrected chi connectivity index (χ0v) is 13.3. The van der Waals surface area contributed by atoms with Crippen LogP contribution in [-0.2, 0) is 19.4 Å². The molecule has 0 spiro atoms. The van der Waals surface area contributed by atoms with Gasteiger partial charge >= 0.3 is 0 Å². The van der Waals surface area contributed by atoms with Gasteiger partial charge < -0.3 is 4.74 Å². The number of carbonyl (C=O) groups is 1. The highest BCUT2D eigenvalue weighted by molar-refractivity contribution is 5.74. The summed E-state index contributed by atoms with van der Waals surface area (Å²) in [7, 11) is 0. The van der Waals surface area contributed by atoms with E-state index in [1.165, 1.54) is 0 Å². The first-order valence-electron chi connectivity index (χ1n) is 7.87. The van der Waals surface area contributed by atoms with E-state index in [-0.39, 0.29) is 0 Å². The molecule has 0 radical (unpaired) electrons. The van der Waals surface area contributed by atoms with Gasteiger partial charge in [-0.2, -0.15) is 5.10 Å². The summed E-state index contributed by atoms with van der Waals surface area (Å²) in [4.78, 5) is 10.8. The Bertz CT molecular complexity index is 786. The molecule has 1 heterocycles. The molecule has 0 fully saturated rings. The number of aldehydes is 1. The van der Waals surface area contributed by atoms with Crippen LogP contribution in [0.5, 0.6) is 5.88 Å². The number of hydrogen-bond donors (Lipinski definition) is 0. The van der Waals surface area contributed by atoms with Gasteiger partial charge in [0.15, 0.2) is 0 Å². The fourth-order valence-corrected chi connectivity index (χ4v) is 2.38. The molecular weight excluding hydrogens is 300 g/mol. The molecule has 0 unspecified atom stereocenters. The van der Waals surface area contributed by atoms with Crippen molar-refractivity contribution < 1.29 is 9.53 Å². The highest BCUT2D eigenvalue weighted by Gasteiger charge is 2.02. The normalized spacial score (nSPS) is 10.3. The molecule has 0 amide bonds. The Labute approximate surface area is 141 Å². The zero-order chi connectivity index (χ0) is 16.6. The van der Waals surface area contributed by atoms with Gasteiger partial charge in [-0.25, -0.2) is 0 Å². The van der Waals surface area contributed by atoms with Gasteiger partial charge in [0.1, 0.15) is 12.9 Å². The first-order chi connectivity index (χ1) is 11.8. The van der Waals surface area contributed by atoms with Crippen molar-refractivity contribution in [3.63, 3.8) is 0 Å². The molecule has 0 saturated heterocycles. The summed E-state index contributed by atoms with van der Waals surface area (Å²) in [5.41, 5.74) is 3.81. The lowest BCUT2D eigenvalue weighted by Gasteiger charge is -2.06. The standard InChI is InChI=1S/C20H18N2O2/c23-14-18-8-4-7-16(13-18)9-10-19-11-12-20(22-21-19)24-15-17-5-2-1-3-6-17/h1-8,11-14H,9-10,15H2. The lowest BCUT2D eigenvalue weighted by molar-refractivity contribution is 0.112. The number of rotatable bonds is 7. The van der Waals surface area contributed by atoms with Crippen LogP contribution in [0.15, 0.2) is 66.7 Å². The van der Waals surface area contributed by atoms with Crippen LogP contribution < -0.4 is 4.74 Å². The minimum Gasteiger partial charge on any atom is -0.472 e. The van der Waals surface area contributed by atoms with Crippen LogP contribution in [0.1, 0.15) is 27.2 Å². The topological polar surface area (TPSA) is 52.1 Å². The summed E-state index contributed by atoms with van der Waals surface area (Å²) in [5, 5.41) is 8.32. The quantitative estimate of drug-likeness (QED) is 0.624. The van der Waals surface area contributed by atoms with E-state index in [2.05, 4.69) is 10.2 Å². The number of ether oxygens (including phenoxy) is 1. The molecule has 0 saturated carbocycles. The van der Waals surface area contributed by atoms with E-state index in [1.807, 2.05) is 60.7 Å². The van der Waals surface area contributed by atoms with Gasteiger partial charge in [0.25, 0.3) is 0 Å². The summed E-state index contributed by atoms with van der Waals surface area (Å²) >= 11 is 0. The van der Waals surface area contributed by atoms with Crippen molar-refractivity contribution >= 4 is 6.29 Å². The molecule has 0 aliphatic heterocycles. The number of nitrogens with zero attached hydrogens (tertiary/aromatic N) is 2. The molecule has 0 aliphatic rings. The van der Waals surface area contributed by atoms with Crippen molar-refractivity contribution in [2.45, 2.75) is 19.4 Å². The second-order valence-corrected chi connectivity index (χ2v) is 5.50. The highest BCUT2D eigenvalue weighted by Crippen LogP contribution is 2.11. The predicted octanol–water partition coefficient (Wildman–Crippen LogP) is 3.65. The molecule has 0 bridgehead atoms. The maximum absolute atomic E-state index is 10.8. The van der Waals surface area contributed by atoms with Crippen LogP contribution in [-0.4, -0.2) is 16.5 Å². The molecule has 120 valence electrons. The van der Waals surface area contributed by atoms with E-state index in [1.54, 1.807) is 6.07 Å². The van der Waals surface area contributed by atoms with Gasteiger partial charge in [-0.05, 0) is 36.1 Å². The SMILES string of the molecule is O=Cc1cccc(CCc2ccc(OCc3ccccc3)nn2)c1. The third-order valence-corrected chi connectivity index (χ3v) is 3.68. The Hall–Kier alpha value is -3.01. The molecule has 3 aromatic rings. The molecule has 0 N–H and O–H groups in total. The monoisotopic (exact) mass is 318 g/mol. The average Bonchev–Trinajstić information content (AvgIpc) is 2.66. The van der Waals surface area contributed by atoms with Crippen LogP contribution >= 0.6 is 0 Å². The van der Waals surface area contributed by atoms with E-state index >= 15 is 0 Å². The molecule has 0 atom stereocenters. The third-order valence-electron chi connectivity index (χ3n) is 3.68. The zero-order valence-electron chi connectivity index (χ0n) is 13.3. The Kier molecular flexibility index (Phi) is 5.30.